The number of aliphatic hydroxyl groups is 6. The molecule has 0 radical (unpaired) electrons. The van der Waals surface area contributed by atoms with Crippen molar-refractivity contribution in [3.05, 3.63) is 97.2 Å². The first-order valence-electron chi connectivity index (χ1n) is 23.1. The van der Waals surface area contributed by atoms with Gasteiger partial charge in [0.1, 0.15) is 43.2 Å². The van der Waals surface area contributed by atoms with Gasteiger partial charge in [-0.25, -0.2) is 4.57 Å². The van der Waals surface area contributed by atoms with Crippen LogP contribution in [0.2, 0.25) is 0 Å². The molecular weight excluding hydrogens is 843 g/mol. The second kappa shape index (κ2) is 37.9. The Morgan fingerprint density at radius 2 is 1.08 bits per heavy atom. The van der Waals surface area contributed by atoms with Crippen LogP contribution >= 0.6 is 7.82 Å². The van der Waals surface area contributed by atoms with E-state index in [1.54, 1.807) is 12.2 Å². The molecule has 1 aliphatic carbocycles. The summed E-state index contributed by atoms with van der Waals surface area (Å²) in [5, 5.41) is 60.2. The van der Waals surface area contributed by atoms with Crippen LogP contribution in [-0.2, 0) is 32.7 Å². The van der Waals surface area contributed by atoms with Crippen LogP contribution in [-0.4, -0.2) is 110 Å². The molecule has 7 N–H and O–H groups in total. The van der Waals surface area contributed by atoms with Crippen molar-refractivity contribution in [2.75, 3.05) is 13.2 Å². The summed E-state index contributed by atoms with van der Waals surface area (Å²) in [7, 11) is -5.17. The zero-order chi connectivity index (χ0) is 47.3. The van der Waals surface area contributed by atoms with Crippen LogP contribution < -0.4 is 0 Å². The minimum atomic E-state index is -5.17. The highest BCUT2D eigenvalue weighted by Crippen LogP contribution is 2.47. The zero-order valence-corrected chi connectivity index (χ0v) is 39.0. The fraction of sp³-hybridized carbons (Fsp3) is 0.633. The van der Waals surface area contributed by atoms with E-state index in [1.165, 1.54) is 38.5 Å². The van der Waals surface area contributed by atoms with Gasteiger partial charge in [0.15, 0.2) is 6.10 Å². The van der Waals surface area contributed by atoms with E-state index in [0.29, 0.717) is 38.5 Å². The predicted molar refractivity (Wildman–Crippen MR) is 250 cm³/mol. The SMILES string of the molecule is CC/C=C\C/C=C\CC(O)/C=C/C=C\C/C=C\CCCC(=O)O[C@H](COC(=O)CCC/C=C\C/C=C\C/C=C\CCCCCCCC)COP(=O)(O)OC1[C@H](O)[C@H](O)C(O)[C@H](O)[C@H]1O. The predicted octanol–water partition coefficient (Wildman–Crippen LogP) is 8.02. The summed E-state index contributed by atoms with van der Waals surface area (Å²) >= 11 is 0. The minimum absolute atomic E-state index is 0.0298. The molecule has 14 nitrogen and oxygen atoms in total. The molecule has 0 saturated heterocycles. The molecule has 1 saturated carbocycles. The van der Waals surface area contributed by atoms with Crippen LogP contribution in [0.3, 0.4) is 0 Å². The number of hydrogen-bond donors (Lipinski definition) is 7. The maximum atomic E-state index is 12.8. The summed E-state index contributed by atoms with van der Waals surface area (Å²) in [6.07, 6.45) is 33.6. The average molecular weight is 923 g/mol. The second-order valence-corrected chi connectivity index (χ2v) is 17.1. The molecule has 0 aromatic carbocycles. The van der Waals surface area contributed by atoms with Crippen LogP contribution in [0, 0.1) is 0 Å². The van der Waals surface area contributed by atoms with Gasteiger partial charge in [0.2, 0.25) is 0 Å². The first kappa shape index (κ1) is 58.7. The maximum Gasteiger partial charge on any atom is 0.472 e. The summed E-state index contributed by atoms with van der Waals surface area (Å²) in [6.45, 7) is 3.00. The van der Waals surface area contributed by atoms with Gasteiger partial charge in [-0.2, -0.15) is 0 Å². The van der Waals surface area contributed by atoms with E-state index in [0.717, 1.165) is 32.1 Å². The summed E-state index contributed by atoms with van der Waals surface area (Å²) in [6, 6.07) is 0. The molecule has 1 fully saturated rings. The lowest BCUT2D eigenvalue weighted by molar-refractivity contribution is -0.220. The number of allylic oxidation sites excluding steroid dienone is 14. The van der Waals surface area contributed by atoms with Gasteiger partial charge in [-0.15, -0.1) is 0 Å². The summed E-state index contributed by atoms with van der Waals surface area (Å²) in [4.78, 5) is 35.7. The highest BCUT2D eigenvalue weighted by molar-refractivity contribution is 7.47. The van der Waals surface area contributed by atoms with E-state index < -0.39 is 81.8 Å². The maximum absolute atomic E-state index is 12.8. The number of esters is 2. The Hall–Kier alpha value is -3.27. The van der Waals surface area contributed by atoms with Crippen LogP contribution in [0.1, 0.15) is 136 Å². The quantitative estimate of drug-likeness (QED) is 0.0104. The summed E-state index contributed by atoms with van der Waals surface area (Å²) in [5.74, 6) is -1.28. The van der Waals surface area contributed by atoms with Gasteiger partial charge in [-0.3, -0.25) is 18.6 Å². The molecule has 0 bridgehead atoms. The number of phosphoric ester groups is 1. The van der Waals surface area contributed by atoms with E-state index >= 15 is 0 Å². The standard InChI is InChI=1S/C49H79O14P/c1-3-5-7-9-11-12-13-14-15-16-17-18-19-20-24-28-32-36-42(51)60-38-41(39-61-64(58,59)63-49-47(56)45(54)44(53)46(55)48(49)57)62-43(52)37-33-29-25-22-21-23-27-31-35-40(50)34-30-26-10-8-6-4-2/h6,8,14-15,17-18,20,22-27,30-31,35,40-41,44-50,53-57H,3-5,7,9-13,16,19,21,28-29,32-34,36-39H2,1-2H3,(H,58,59)/b8-6-,15-14-,18-17-,24-20-,25-22-,27-23-,30-26-,35-31+/t40?,41-,44?,45-,46+,47-,48-,49?/m1/s1. The van der Waals surface area contributed by atoms with E-state index in [9.17, 15) is 49.7 Å². The molecule has 1 rings (SSSR count). The molecule has 15 heteroatoms. The molecule has 0 heterocycles. The Labute approximate surface area is 382 Å². The second-order valence-electron chi connectivity index (χ2n) is 15.7. The van der Waals surface area contributed by atoms with Crippen LogP contribution in [0.25, 0.3) is 0 Å². The lowest BCUT2D eigenvalue weighted by Gasteiger charge is -2.41. The molecule has 1 aliphatic rings. The van der Waals surface area contributed by atoms with Crippen molar-refractivity contribution < 1.29 is 68.2 Å². The Morgan fingerprint density at radius 1 is 0.578 bits per heavy atom. The monoisotopic (exact) mass is 923 g/mol. The Balaban J connectivity index is 2.58. The normalized spacial score (nSPS) is 23.0. The molecule has 0 spiro atoms. The minimum Gasteiger partial charge on any atom is -0.462 e. The topological polar surface area (TPSA) is 230 Å². The number of ether oxygens (including phenoxy) is 2. The molecular formula is C49H79O14P. The number of aliphatic hydroxyl groups excluding tert-OH is 6. The molecule has 0 aromatic heterocycles. The van der Waals surface area contributed by atoms with Crippen molar-refractivity contribution in [1.29, 1.82) is 0 Å². The smallest absolute Gasteiger partial charge is 0.462 e. The highest BCUT2D eigenvalue weighted by Gasteiger charge is 2.51. The molecule has 364 valence electrons. The molecule has 4 unspecified atom stereocenters. The number of phosphoric acid groups is 1. The van der Waals surface area contributed by atoms with E-state index in [4.69, 9.17) is 18.5 Å². The van der Waals surface area contributed by atoms with Crippen molar-refractivity contribution in [1.82, 2.24) is 0 Å². The zero-order valence-electron chi connectivity index (χ0n) is 38.1. The van der Waals surface area contributed by atoms with E-state index in [1.807, 2.05) is 48.6 Å². The highest BCUT2D eigenvalue weighted by atomic mass is 31.2. The number of hydrogen-bond acceptors (Lipinski definition) is 13. The van der Waals surface area contributed by atoms with Gasteiger partial charge in [0.05, 0.1) is 12.7 Å². The first-order chi connectivity index (χ1) is 30.8. The van der Waals surface area contributed by atoms with Gasteiger partial charge in [0, 0.05) is 12.8 Å². The third-order valence-corrected chi connectivity index (χ3v) is 11.0. The lowest BCUT2D eigenvalue weighted by Crippen LogP contribution is -2.64. The molecule has 0 amide bonds. The van der Waals surface area contributed by atoms with Crippen LogP contribution in [0.4, 0.5) is 0 Å². The van der Waals surface area contributed by atoms with Crippen molar-refractivity contribution >= 4 is 19.8 Å². The summed E-state index contributed by atoms with van der Waals surface area (Å²) in [5.41, 5.74) is 0. The van der Waals surface area contributed by atoms with Gasteiger partial charge >= 0.3 is 19.8 Å². The van der Waals surface area contributed by atoms with Crippen LogP contribution in [0.5, 0.6) is 0 Å². The molecule has 9 atom stereocenters. The van der Waals surface area contributed by atoms with Gasteiger partial charge < -0.3 is 45.0 Å². The fourth-order valence-electron chi connectivity index (χ4n) is 6.24. The van der Waals surface area contributed by atoms with Gasteiger partial charge in [0.25, 0.3) is 0 Å². The third-order valence-electron chi connectivity index (χ3n) is 9.99. The number of rotatable bonds is 36. The number of unbranched alkanes of at least 4 members (excludes halogenated alkanes) is 8. The molecule has 64 heavy (non-hydrogen) atoms. The fourth-order valence-corrected chi connectivity index (χ4v) is 7.22. The Morgan fingerprint density at radius 3 is 1.69 bits per heavy atom. The van der Waals surface area contributed by atoms with Crippen molar-refractivity contribution in [2.45, 2.75) is 185 Å². The Bertz CT molecular complexity index is 1500. The Kier molecular flexibility index (Phi) is 34.8. The van der Waals surface area contributed by atoms with Gasteiger partial charge in [-0.05, 0) is 77.0 Å². The van der Waals surface area contributed by atoms with Crippen LogP contribution in [0.15, 0.2) is 97.2 Å². The van der Waals surface area contributed by atoms with Gasteiger partial charge in [-0.1, -0.05) is 143 Å². The largest absolute Gasteiger partial charge is 0.472 e. The third kappa shape index (κ3) is 30.0. The molecule has 0 aliphatic heterocycles. The van der Waals surface area contributed by atoms with Crippen molar-refractivity contribution in [2.24, 2.45) is 0 Å². The van der Waals surface area contributed by atoms with Crippen molar-refractivity contribution in [3.8, 4) is 0 Å². The average Bonchev–Trinajstić information content (AvgIpc) is 3.27. The van der Waals surface area contributed by atoms with E-state index in [-0.39, 0.29) is 12.8 Å². The summed E-state index contributed by atoms with van der Waals surface area (Å²) < 4.78 is 33.4. The number of carbonyl (C=O) groups excluding carboxylic acids is 2. The van der Waals surface area contributed by atoms with Crippen molar-refractivity contribution in [3.63, 3.8) is 0 Å². The van der Waals surface area contributed by atoms with E-state index in [2.05, 4.69) is 50.3 Å². The lowest BCUT2D eigenvalue weighted by atomic mass is 9.85. The number of carbonyl (C=O) groups is 2. The first-order valence-corrected chi connectivity index (χ1v) is 24.6. The molecule has 0 aromatic rings.